The van der Waals surface area contributed by atoms with Crippen LogP contribution in [0.3, 0.4) is 0 Å². The van der Waals surface area contributed by atoms with Crippen molar-refractivity contribution in [3.63, 3.8) is 0 Å². The third kappa shape index (κ3) is 3.65. The van der Waals surface area contributed by atoms with Crippen molar-refractivity contribution in [2.45, 2.75) is 18.7 Å². The summed E-state index contributed by atoms with van der Waals surface area (Å²) in [5.41, 5.74) is 2.93. The Kier molecular flexibility index (Phi) is 5.01. The predicted molar refractivity (Wildman–Crippen MR) is 99.9 cm³/mol. The van der Waals surface area contributed by atoms with E-state index in [-0.39, 0.29) is 0 Å². The molecular weight excluding hydrogens is 336 g/mol. The molecule has 6 heteroatoms. The van der Waals surface area contributed by atoms with Crippen LogP contribution in [0.15, 0.2) is 47.4 Å². The monoisotopic (exact) mass is 360 g/mol. The lowest BCUT2D eigenvalue weighted by Crippen LogP contribution is -2.48. The molecule has 0 radical (unpaired) electrons. The fraction of sp³-hybridized carbons (Fsp3) is 0.368. The number of hydrogen-bond acceptors (Lipinski definition) is 4. The molecule has 0 bridgehead atoms. The number of aryl methyl sites for hydroxylation is 2. The van der Waals surface area contributed by atoms with Gasteiger partial charge in [0.2, 0.25) is 10.0 Å². The molecule has 1 aliphatic rings. The number of rotatable bonds is 4. The summed E-state index contributed by atoms with van der Waals surface area (Å²) in [5, 5.41) is 0. The van der Waals surface area contributed by atoms with Crippen LogP contribution in [0.5, 0.6) is 5.75 Å². The molecule has 5 nitrogen and oxygen atoms in total. The first kappa shape index (κ1) is 17.8. The van der Waals surface area contributed by atoms with Crippen molar-refractivity contribution >= 4 is 15.7 Å². The average molecular weight is 360 g/mol. The summed E-state index contributed by atoms with van der Waals surface area (Å²) in [6.07, 6.45) is 0. The van der Waals surface area contributed by atoms with Gasteiger partial charge in [0.25, 0.3) is 0 Å². The van der Waals surface area contributed by atoms with E-state index in [4.69, 9.17) is 4.74 Å². The van der Waals surface area contributed by atoms with Crippen LogP contribution in [0.25, 0.3) is 0 Å². The summed E-state index contributed by atoms with van der Waals surface area (Å²) < 4.78 is 32.8. The van der Waals surface area contributed by atoms with E-state index in [1.165, 1.54) is 0 Å². The summed E-state index contributed by atoms with van der Waals surface area (Å²) in [7, 11) is -1.80. The van der Waals surface area contributed by atoms with Gasteiger partial charge in [0.15, 0.2) is 0 Å². The molecule has 134 valence electrons. The van der Waals surface area contributed by atoms with Crippen molar-refractivity contribution < 1.29 is 13.2 Å². The molecule has 0 aliphatic carbocycles. The summed E-state index contributed by atoms with van der Waals surface area (Å²) in [5.74, 6) is 0.808. The van der Waals surface area contributed by atoms with Gasteiger partial charge in [-0.3, -0.25) is 0 Å². The smallest absolute Gasteiger partial charge is 0.243 e. The molecule has 0 N–H and O–H groups in total. The minimum atomic E-state index is -3.45. The van der Waals surface area contributed by atoms with Gasteiger partial charge in [-0.05, 0) is 37.6 Å². The molecule has 1 aliphatic heterocycles. The zero-order chi connectivity index (χ0) is 18.0. The van der Waals surface area contributed by atoms with E-state index < -0.39 is 10.0 Å². The number of sulfonamides is 1. The number of nitrogens with zero attached hydrogens (tertiary/aromatic N) is 2. The summed E-state index contributed by atoms with van der Waals surface area (Å²) >= 11 is 0. The van der Waals surface area contributed by atoms with Crippen molar-refractivity contribution in [3.8, 4) is 5.75 Å². The van der Waals surface area contributed by atoms with Crippen LogP contribution >= 0.6 is 0 Å². The molecule has 0 aromatic heterocycles. The van der Waals surface area contributed by atoms with Gasteiger partial charge in [-0.25, -0.2) is 8.42 Å². The SMILES string of the molecule is COc1cccc(N2CCN(S(=O)(=O)c3ccc(C)cc3C)CC2)c1. The zero-order valence-corrected chi connectivity index (χ0v) is 15.7. The van der Waals surface area contributed by atoms with Crippen LogP contribution in [0, 0.1) is 13.8 Å². The van der Waals surface area contributed by atoms with Gasteiger partial charge in [-0.1, -0.05) is 23.8 Å². The highest BCUT2D eigenvalue weighted by Crippen LogP contribution is 2.25. The van der Waals surface area contributed by atoms with E-state index in [9.17, 15) is 8.42 Å². The van der Waals surface area contributed by atoms with E-state index in [0.29, 0.717) is 31.1 Å². The van der Waals surface area contributed by atoms with Gasteiger partial charge in [-0.2, -0.15) is 4.31 Å². The van der Waals surface area contributed by atoms with Gasteiger partial charge in [0.1, 0.15) is 5.75 Å². The van der Waals surface area contributed by atoms with Crippen LogP contribution in [0.4, 0.5) is 5.69 Å². The summed E-state index contributed by atoms with van der Waals surface area (Å²) in [6, 6.07) is 13.3. The van der Waals surface area contributed by atoms with Gasteiger partial charge in [0, 0.05) is 37.9 Å². The van der Waals surface area contributed by atoms with Crippen molar-refractivity contribution in [2.75, 3.05) is 38.2 Å². The van der Waals surface area contributed by atoms with Crippen molar-refractivity contribution in [1.82, 2.24) is 4.31 Å². The minimum Gasteiger partial charge on any atom is -0.497 e. The zero-order valence-electron chi connectivity index (χ0n) is 14.9. The Morgan fingerprint density at radius 3 is 2.32 bits per heavy atom. The van der Waals surface area contributed by atoms with Gasteiger partial charge >= 0.3 is 0 Å². The third-order valence-corrected chi connectivity index (χ3v) is 6.66. The van der Waals surface area contributed by atoms with E-state index in [1.807, 2.05) is 50.2 Å². The summed E-state index contributed by atoms with van der Waals surface area (Å²) in [4.78, 5) is 2.60. The Balaban J connectivity index is 1.75. The molecular formula is C19H24N2O3S. The maximum absolute atomic E-state index is 13.0. The second-order valence-corrected chi connectivity index (χ2v) is 8.27. The second-order valence-electron chi connectivity index (χ2n) is 6.36. The van der Waals surface area contributed by atoms with E-state index in [2.05, 4.69) is 4.90 Å². The van der Waals surface area contributed by atoms with Crippen molar-refractivity contribution in [2.24, 2.45) is 0 Å². The quantitative estimate of drug-likeness (QED) is 0.841. The standard InChI is InChI=1S/C19H24N2O3S/c1-15-7-8-19(16(2)13-15)25(22,23)21-11-9-20(10-12-21)17-5-4-6-18(14-17)24-3/h4-8,13-14H,9-12H2,1-3H3. The first-order chi connectivity index (χ1) is 11.9. The Morgan fingerprint density at radius 1 is 0.960 bits per heavy atom. The van der Waals surface area contributed by atoms with Crippen LogP contribution in [0.2, 0.25) is 0 Å². The number of hydrogen-bond donors (Lipinski definition) is 0. The molecule has 2 aromatic rings. The molecule has 0 spiro atoms. The Hall–Kier alpha value is -2.05. The Bertz CT molecular complexity index is 857. The fourth-order valence-electron chi connectivity index (χ4n) is 3.22. The first-order valence-corrected chi connectivity index (χ1v) is 9.82. The molecule has 25 heavy (non-hydrogen) atoms. The van der Waals surface area contributed by atoms with E-state index >= 15 is 0 Å². The molecule has 1 fully saturated rings. The maximum Gasteiger partial charge on any atom is 0.243 e. The molecule has 0 amide bonds. The van der Waals surface area contributed by atoms with Crippen LogP contribution < -0.4 is 9.64 Å². The maximum atomic E-state index is 13.0. The normalized spacial score (nSPS) is 16.0. The number of methoxy groups -OCH3 is 1. The van der Waals surface area contributed by atoms with Crippen LogP contribution in [0.1, 0.15) is 11.1 Å². The molecule has 0 unspecified atom stereocenters. The second kappa shape index (κ2) is 7.06. The van der Waals surface area contributed by atoms with Crippen molar-refractivity contribution in [1.29, 1.82) is 0 Å². The number of benzene rings is 2. The lowest BCUT2D eigenvalue weighted by Gasteiger charge is -2.35. The third-order valence-electron chi connectivity index (χ3n) is 4.61. The highest BCUT2D eigenvalue weighted by atomic mass is 32.2. The van der Waals surface area contributed by atoms with E-state index in [1.54, 1.807) is 17.5 Å². The number of anilines is 1. The highest BCUT2D eigenvalue weighted by molar-refractivity contribution is 7.89. The largest absolute Gasteiger partial charge is 0.497 e. The van der Waals surface area contributed by atoms with Crippen LogP contribution in [-0.2, 0) is 10.0 Å². The lowest BCUT2D eigenvalue weighted by molar-refractivity contribution is 0.383. The van der Waals surface area contributed by atoms with Gasteiger partial charge in [-0.15, -0.1) is 0 Å². The molecule has 2 aromatic carbocycles. The Morgan fingerprint density at radius 2 is 1.68 bits per heavy atom. The molecule has 1 heterocycles. The van der Waals surface area contributed by atoms with E-state index in [0.717, 1.165) is 22.6 Å². The van der Waals surface area contributed by atoms with Crippen molar-refractivity contribution in [3.05, 3.63) is 53.6 Å². The highest BCUT2D eigenvalue weighted by Gasteiger charge is 2.29. The number of piperazine rings is 1. The first-order valence-electron chi connectivity index (χ1n) is 8.38. The minimum absolute atomic E-state index is 0.410. The lowest BCUT2D eigenvalue weighted by atomic mass is 10.2. The van der Waals surface area contributed by atoms with Gasteiger partial charge < -0.3 is 9.64 Å². The fourth-order valence-corrected chi connectivity index (χ4v) is 4.85. The predicted octanol–water partition coefficient (Wildman–Crippen LogP) is 2.82. The van der Waals surface area contributed by atoms with Gasteiger partial charge in [0.05, 0.1) is 12.0 Å². The molecule has 3 rings (SSSR count). The molecule has 0 saturated carbocycles. The number of ether oxygens (including phenoxy) is 1. The van der Waals surface area contributed by atoms with Crippen LogP contribution in [-0.4, -0.2) is 46.0 Å². The molecule has 0 atom stereocenters. The average Bonchev–Trinajstić information content (AvgIpc) is 2.61. The topological polar surface area (TPSA) is 49.9 Å². The summed E-state index contributed by atoms with van der Waals surface area (Å²) in [6.45, 7) is 6.11. The Labute approximate surface area is 149 Å². The molecule has 1 saturated heterocycles.